The molecule has 2 N–H and O–H groups in total. The molecule has 0 aliphatic heterocycles. The first-order valence-electron chi connectivity index (χ1n) is 4.38. The second-order valence-electron chi connectivity index (χ2n) is 2.86. The molecule has 0 aliphatic carbocycles. The topological polar surface area (TPSA) is 44.5 Å². The van der Waals surface area contributed by atoms with E-state index in [1.54, 1.807) is 7.11 Å². The first kappa shape index (κ1) is 11.5. The number of hydrogen-bond acceptors (Lipinski definition) is 3. The van der Waals surface area contributed by atoms with Gasteiger partial charge in [-0.2, -0.15) is 0 Å². The van der Waals surface area contributed by atoms with E-state index in [-0.39, 0.29) is 6.10 Å². The number of hydrogen-bond donors (Lipinski definition) is 1. The number of benzene rings is 1. The summed E-state index contributed by atoms with van der Waals surface area (Å²) in [4.78, 5) is 0. The summed E-state index contributed by atoms with van der Waals surface area (Å²) in [7, 11) is 1.63. The minimum atomic E-state index is -0.0984. The number of nitrogens with two attached hydrogens (primary N) is 1. The Morgan fingerprint density at radius 2 is 2.14 bits per heavy atom. The van der Waals surface area contributed by atoms with Crippen LogP contribution in [-0.2, 0) is 4.74 Å². The highest BCUT2D eigenvalue weighted by molar-refractivity contribution is 9.10. The van der Waals surface area contributed by atoms with Gasteiger partial charge in [0.15, 0.2) is 0 Å². The third-order valence-electron chi connectivity index (χ3n) is 1.75. The SMILES string of the molecule is COCC(CN)Oc1ccccc1Br. The van der Waals surface area contributed by atoms with Crippen LogP contribution in [0.1, 0.15) is 0 Å². The molecule has 0 radical (unpaired) electrons. The van der Waals surface area contributed by atoms with E-state index >= 15 is 0 Å². The summed E-state index contributed by atoms with van der Waals surface area (Å²) in [5.41, 5.74) is 5.54. The van der Waals surface area contributed by atoms with Gasteiger partial charge in [0.1, 0.15) is 11.9 Å². The van der Waals surface area contributed by atoms with Gasteiger partial charge in [0, 0.05) is 13.7 Å². The number of halogens is 1. The van der Waals surface area contributed by atoms with Gasteiger partial charge >= 0.3 is 0 Å². The number of para-hydroxylation sites is 1. The molecule has 0 aliphatic rings. The number of rotatable bonds is 5. The molecular formula is C10H14BrNO2. The van der Waals surface area contributed by atoms with Gasteiger partial charge in [-0.1, -0.05) is 12.1 Å². The van der Waals surface area contributed by atoms with Crippen LogP contribution in [0, 0.1) is 0 Å². The van der Waals surface area contributed by atoms with Crippen molar-refractivity contribution in [3.05, 3.63) is 28.7 Å². The van der Waals surface area contributed by atoms with Crippen molar-refractivity contribution in [2.45, 2.75) is 6.10 Å². The van der Waals surface area contributed by atoms with E-state index in [1.165, 1.54) is 0 Å². The average Bonchev–Trinajstić information content (AvgIpc) is 2.20. The molecule has 0 aromatic heterocycles. The lowest BCUT2D eigenvalue weighted by atomic mass is 10.3. The van der Waals surface area contributed by atoms with Crippen LogP contribution < -0.4 is 10.5 Å². The van der Waals surface area contributed by atoms with Gasteiger partial charge in [-0.05, 0) is 28.1 Å². The molecule has 0 bridgehead atoms. The van der Waals surface area contributed by atoms with Crippen molar-refractivity contribution in [2.75, 3.05) is 20.3 Å². The third kappa shape index (κ3) is 3.29. The van der Waals surface area contributed by atoms with Crippen LogP contribution in [0.2, 0.25) is 0 Å². The Kier molecular flexibility index (Phi) is 4.93. The summed E-state index contributed by atoms with van der Waals surface area (Å²) >= 11 is 3.40. The molecule has 1 unspecified atom stereocenters. The Hall–Kier alpha value is -0.580. The molecule has 0 amide bonds. The van der Waals surface area contributed by atoms with E-state index in [9.17, 15) is 0 Å². The lowest BCUT2D eigenvalue weighted by Gasteiger charge is -2.17. The molecule has 0 spiro atoms. The molecule has 78 valence electrons. The van der Waals surface area contributed by atoms with Gasteiger partial charge in [-0.15, -0.1) is 0 Å². The van der Waals surface area contributed by atoms with Crippen LogP contribution in [0.25, 0.3) is 0 Å². The highest BCUT2D eigenvalue weighted by atomic mass is 79.9. The summed E-state index contributed by atoms with van der Waals surface area (Å²) in [6.45, 7) is 0.938. The smallest absolute Gasteiger partial charge is 0.134 e. The van der Waals surface area contributed by atoms with E-state index in [0.717, 1.165) is 10.2 Å². The summed E-state index contributed by atoms with van der Waals surface area (Å²) in [5, 5.41) is 0. The average molecular weight is 260 g/mol. The molecule has 1 aromatic carbocycles. The molecule has 4 heteroatoms. The van der Waals surface area contributed by atoms with Gasteiger partial charge in [-0.3, -0.25) is 0 Å². The molecule has 1 rings (SSSR count). The van der Waals surface area contributed by atoms with Gasteiger partial charge < -0.3 is 15.2 Å². The zero-order chi connectivity index (χ0) is 10.4. The molecular weight excluding hydrogens is 246 g/mol. The summed E-state index contributed by atoms with van der Waals surface area (Å²) < 4.78 is 11.6. The van der Waals surface area contributed by atoms with Gasteiger partial charge in [0.2, 0.25) is 0 Å². The fraction of sp³-hybridized carbons (Fsp3) is 0.400. The Morgan fingerprint density at radius 3 is 2.71 bits per heavy atom. The Morgan fingerprint density at radius 1 is 1.43 bits per heavy atom. The van der Waals surface area contributed by atoms with Crippen LogP contribution >= 0.6 is 15.9 Å². The maximum Gasteiger partial charge on any atom is 0.134 e. The van der Waals surface area contributed by atoms with E-state index in [1.807, 2.05) is 24.3 Å². The van der Waals surface area contributed by atoms with E-state index in [2.05, 4.69) is 15.9 Å². The summed E-state index contributed by atoms with van der Waals surface area (Å²) in [6.07, 6.45) is -0.0984. The van der Waals surface area contributed by atoms with Crippen molar-refractivity contribution in [1.29, 1.82) is 0 Å². The van der Waals surface area contributed by atoms with Gasteiger partial charge in [-0.25, -0.2) is 0 Å². The normalized spacial score (nSPS) is 12.5. The Balaban J connectivity index is 2.62. The minimum absolute atomic E-state index is 0.0984. The van der Waals surface area contributed by atoms with Crippen molar-refractivity contribution in [3.63, 3.8) is 0 Å². The standard InChI is InChI=1S/C10H14BrNO2/c1-13-7-8(6-12)14-10-5-3-2-4-9(10)11/h2-5,8H,6-7,12H2,1H3. The van der Waals surface area contributed by atoms with Crippen LogP contribution in [0.5, 0.6) is 5.75 Å². The fourth-order valence-corrected chi connectivity index (χ4v) is 1.43. The van der Waals surface area contributed by atoms with Crippen LogP contribution in [0.3, 0.4) is 0 Å². The van der Waals surface area contributed by atoms with Crippen LogP contribution in [-0.4, -0.2) is 26.4 Å². The van der Waals surface area contributed by atoms with Crippen molar-refractivity contribution in [2.24, 2.45) is 5.73 Å². The molecule has 1 aromatic rings. The summed E-state index contributed by atoms with van der Waals surface area (Å²) in [6, 6.07) is 7.67. The second kappa shape index (κ2) is 6.01. The quantitative estimate of drug-likeness (QED) is 0.878. The molecule has 3 nitrogen and oxygen atoms in total. The van der Waals surface area contributed by atoms with Crippen molar-refractivity contribution in [3.8, 4) is 5.75 Å². The third-order valence-corrected chi connectivity index (χ3v) is 2.40. The molecule has 0 heterocycles. The molecule has 14 heavy (non-hydrogen) atoms. The summed E-state index contributed by atoms with van der Waals surface area (Å²) in [5.74, 6) is 0.792. The first-order valence-corrected chi connectivity index (χ1v) is 5.17. The lowest BCUT2D eigenvalue weighted by Crippen LogP contribution is -2.31. The molecule has 0 saturated carbocycles. The number of methoxy groups -OCH3 is 1. The zero-order valence-corrected chi connectivity index (χ0v) is 9.66. The van der Waals surface area contributed by atoms with Gasteiger partial charge in [0.25, 0.3) is 0 Å². The van der Waals surface area contributed by atoms with Crippen LogP contribution in [0.4, 0.5) is 0 Å². The van der Waals surface area contributed by atoms with E-state index in [4.69, 9.17) is 15.2 Å². The van der Waals surface area contributed by atoms with Crippen molar-refractivity contribution < 1.29 is 9.47 Å². The predicted molar refractivity (Wildman–Crippen MR) is 59.5 cm³/mol. The Bertz CT molecular complexity index is 281. The Labute approximate surface area is 92.3 Å². The first-order chi connectivity index (χ1) is 6.77. The monoisotopic (exact) mass is 259 g/mol. The maximum atomic E-state index is 5.64. The van der Waals surface area contributed by atoms with Crippen molar-refractivity contribution >= 4 is 15.9 Å². The molecule has 0 saturated heterocycles. The van der Waals surface area contributed by atoms with Crippen LogP contribution in [0.15, 0.2) is 28.7 Å². The van der Waals surface area contributed by atoms with Gasteiger partial charge in [0.05, 0.1) is 11.1 Å². The molecule has 1 atom stereocenters. The fourth-order valence-electron chi connectivity index (χ4n) is 1.06. The predicted octanol–water partition coefficient (Wildman–Crippen LogP) is 1.80. The highest BCUT2D eigenvalue weighted by Gasteiger charge is 2.09. The van der Waals surface area contributed by atoms with Crippen molar-refractivity contribution in [1.82, 2.24) is 0 Å². The molecule has 0 fully saturated rings. The lowest BCUT2D eigenvalue weighted by molar-refractivity contribution is 0.0855. The highest BCUT2D eigenvalue weighted by Crippen LogP contribution is 2.24. The van der Waals surface area contributed by atoms with E-state index < -0.39 is 0 Å². The zero-order valence-electron chi connectivity index (χ0n) is 8.07. The largest absolute Gasteiger partial charge is 0.486 e. The number of ether oxygens (including phenoxy) is 2. The minimum Gasteiger partial charge on any atom is -0.486 e. The van der Waals surface area contributed by atoms with E-state index in [0.29, 0.717) is 13.2 Å². The maximum absolute atomic E-state index is 5.64. The second-order valence-corrected chi connectivity index (χ2v) is 3.72.